The van der Waals surface area contributed by atoms with E-state index in [9.17, 15) is 13.2 Å². The lowest BCUT2D eigenvalue weighted by molar-refractivity contribution is 0.121. The average molecular weight is 276 g/mol. The van der Waals surface area contributed by atoms with E-state index in [-0.39, 0.29) is 5.82 Å². The van der Waals surface area contributed by atoms with Crippen LogP contribution in [-0.4, -0.2) is 30.8 Å². The van der Waals surface area contributed by atoms with Crippen LogP contribution in [0.3, 0.4) is 0 Å². The van der Waals surface area contributed by atoms with Crippen molar-refractivity contribution in [3.63, 3.8) is 0 Å². The fraction of sp³-hybridized carbons (Fsp3) is 0.556. The summed E-state index contributed by atoms with van der Waals surface area (Å²) in [6, 6.07) is 1.53. The molecule has 8 nitrogen and oxygen atoms in total. The molecule has 0 aliphatic carbocycles. The molecule has 102 valence electrons. The van der Waals surface area contributed by atoms with Gasteiger partial charge in [-0.2, -0.15) is 13.5 Å². The van der Waals surface area contributed by atoms with E-state index in [1.54, 1.807) is 18.6 Å². The van der Waals surface area contributed by atoms with Gasteiger partial charge in [0.2, 0.25) is 0 Å². The molecule has 1 amide bonds. The molecule has 0 bridgehead atoms. The molecule has 9 heteroatoms. The molecule has 1 rings (SSSR count). The summed E-state index contributed by atoms with van der Waals surface area (Å²) in [5, 5.41) is 6.38. The molecular formula is C9H16N4O4S. The number of aryl methyl sites for hydroxylation is 1. The number of hydrogen-bond acceptors (Lipinski definition) is 5. The first-order chi connectivity index (χ1) is 8.32. The van der Waals surface area contributed by atoms with Gasteiger partial charge in [-0.1, -0.05) is 6.92 Å². The molecule has 0 fully saturated rings. The Balaban J connectivity index is 2.62. The number of nitrogens with zero attached hydrogens (tertiary/aromatic N) is 1. The van der Waals surface area contributed by atoms with Gasteiger partial charge in [0.25, 0.3) is 0 Å². The Morgan fingerprint density at radius 1 is 1.56 bits per heavy atom. The Hall–Kier alpha value is -1.77. The predicted octanol–water partition coefficient (Wildman–Crippen LogP) is 0.763. The number of carbonyl (C=O) groups is 1. The third-order valence-corrected chi connectivity index (χ3v) is 2.72. The molecule has 0 saturated heterocycles. The molecule has 1 aromatic heterocycles. The summed E-state index contributed by atoms with van der Waals surface area (Å²) < 4.78 is 31.5. The topological polar surface area (TPSA) is 113 Å². The summed E-state index contributed by atoms with van der Waals surface area (Å²) in [5.41, 5.74) is 0.775. The number of carbonyl (C=O) groups excluding carboxylic acids is 1. The molecular weight excluding hydrogens is 260 g/mol. The van der Waals surface area contributed by atoms with Crippen molar-refractivity contribution in [2.24, 2.45) is 0 Å². The Morgan fingerprint density at radius 2 is 2.22 bits per heavy atom. The maximum atomic E-state index is 11.5. The minimum absolute atomic E-state index is 0.108. The van der Waals surface area contributed by atoms with Crippen LogP contribution in [0.5, 0.6) is 0 Å². The Labute approximate surface area is 105 Å². The van der Waals surface area contributed by atoms with Gasteiger partial charge in [-0.05, 0) is 20.3 Å². The van der Waals surface area contributed by atoms with Crippen LogP contribution in [-0.2, 0) is 21.4 Å². The van der Waals surface area contributed by atoms with Crippen LogP contribution < -0.4 is 9.44 Å². The molecule has 0 saturated carbocycles. The highest BCUT2D eigenvalue weighted by Crippen LogP contribution is 2.07. The lowest BCUT2D eigenvalue weighted by atomic mass is 10.3. The molecule has 0 atom stereocenters. The molecule has 0 spiro atoms. The third-order valence-electron chi connectivity index (χ3n) is 1.81. The SMILES string of the molecule is CCc1cc(NS(=O)(=O)NC(=O)OC(C)C)n[nH]1. The minimum atomic E-state index is -4.03. The molecule has 3 N–H and O–H groups in total. The number of aromatic amines is 1. The Morgan fingerprint density at radius 3 is 2.72 bits per heavy atom. The summed E-state index contributed by atoms with van der Waals surface area (Å²) in [7, 11) is -4.03. The van der Waals surface area contributed by atoms with Crippen LogP contribution in [0, 0.1) is 0 Å². The van der Waals surface area contributed by atoms with E-state index >= 15 is 0 Å². The fourth-order valence-electron chi connectivity index (χ4n) is 1.11. The molecule has 0 aliphatic rings. The number of rotatable bonds is 5. The van der Waals surface area contributed by atoms with Gasteiger partial charge < -0.3 is 4.74 Å². The largest absolute Gasteiger partial charge is 0.446 e. The first-order valence-electron chi connectivity index (χ1n) is 5.38. The van der Waals surface area contributed by atoms with E-state index in [2.05, 4.69) is 19.7 Å². The second-order valence-electron chi connectivity index (χ2n) is 3.79. The van der Waals surface area contributed by atoms with Gasteiger partial charge in [-0.3, -0.25) is 5.10 Å². The number of ether oxygens (including phenoxy) is 1. The maximum Gasteiger partial charge on any atom is 0.422 e. The summed E-state index contributed by atoms with van der Waals surface area (Å²) in [6.45, 7) is 5.12. The van der Waals surface area contributed by atoms with Crippen molar-refractivity contribution in [3.8, 4) is 0 Å². The highest BCUT2D eigenvalue weighted by Gasteiger charge is 2.17. The fourth-order valence-corrected chi connectivity index (χ4v) is 1.80. The van der Waals surface area contributed by atoms with Crippen LogP contribution in [0.4, 0.5) is 10.6 Å². The summed E-state index contributed by atoms with van der Waals surface area (Å²) in [5.74, 6) is 0.108. The second kappa shape index (κ2) is 5.71. The average Bonchev–Trinajstić information content (AvgIpc) is 2.61. The molecule has 18 heavy (non-hydrogen) atoms. The highest BCUT2D eigenvalue weighted by molar-refractivity contribution is 7.91. The Kier molecular flexibility index (Phi) is 4.54. The first kappa shape index (κ1) is 14.3. The van der Waals surface area contributed by atoms with E-state index in [4.69, 9.17) is 0 Å². The van der Waals surface area contributed by atoms with Crippen molar-refractivity contribution < 1.29 is 17.9 Å². The summed E-state index contributed by atoms with van der Waals surface area (Å²) in [6.07, 6.45) is -0.751. The van der Waals surface area contributed by atoms with Gasteiger partial charge in [-0.15, -0.1) is 0 Å². The minimum Gasteiger partial charge on any atom is -0.446 e. The van der Waals surface area contributed by atoms with Crippen molar-refractivity contribution >= 4 is 22.1 Å². The highest BCUT2D eigenvalue weighted by atomic mass is 32.2. The third kappa shape index (κ3) is 4.62. The van der Waals surface area contributed by atoms with Crippen molar-refractivity contribution in [3.05, 3.63) is 11.8 Å². The van der Waals surface area contributed by atoms with Gasteiger partial charge >= 0.3 is 16.3 Å². The molecule has 0 aromatic carbocycles. The van der Waals surface area contributed by atoms with Crippen molar-refractivity contribution in [2.75, 3.05) is 4.72 Å². The van der Waals surface area contributed by atoms with Gasteiger partial charge in [0.05, 0.1) is 6.10 Å². The van der Waals surface area contributed by atoms with E-state index in [1.165, 1.54) is 6.07 Å². The normalized spacial score (nSPS) is 11.3. The molecule has 0 radical (unpaired) electrons. The lowest BCUT2D eigenvalue weighted by Crippen LogP contribution is -2.36. The van der Waals surface area contributed by atoms with Crippen LogP contribution in [0.2, 0.25) is 0 Å². The van der Waals surface area contributed by atoms with Gasteiger partial charge in [0.15, 0.2) is 5.82 Å². The van der Waals surface area contributed by atoms with E-state index in [0.29, 0.717) is 6.42 Å². The summed E-state index contributed by atoms with van der Waals surface area (Å²) in [4.78, 5) is 11.1. The number of nitrogens with one attached hydrogen (secondary N) is 3. The second-order valence-corrected chi connectivity index (χ2v) is 5.21. The molecule has 0 unspecified atom stereocenters. The van der Waals surface area contributed by atoms with Crippen molar-refractivity contribution in [1.29, 1.82) is 0 Å². The number of amides is 1. The van der Waals surface area contributed by atoms with Gasteiger partial charge in [-0.25, -0.2) is 14.2 Å². The standard InChI is InChI=1S/C9H16N4O4S/c1-4-7-5-8(11-10-7)12-18(15,16)13-9(14)17-6(2)3/h5-6H,4H2,1-3H3,(H,13,14)(H2,10,11,12). The first-order valence-corrected chi connectivity index (χ1v) is 6.86. The summed E-state index contributed by atoms with van der Waals surface area (Å²) >= 11 is 0. The predicted molar refractivity (Wildman–Crippen MR) is 65.3 cm³/mol. The zero-order chi connectivity index (χ0) is 13.8. The smallest absolute Gasteiger partial charge is 0.422 e. The quantitative estimate of drug-likeness (QED) is 0.735. The van der Waals surface area contributed by atoms with Crippen LogP contribution >= 0.6 is 0 Å². The monoisotopic (exact) mass is 276 g/mol. The van der Waals surface area contributed by atoms with Crippen LogP contribution in [0.15, 0.2) is 6.07 Å². The number of aromatic nitrogens is 2. The number of H-pyrrole nitrogens is 1. The Bertz CT molecular complexity index is 508. The maximum absolute atomic E-state index is 11.5. The van der Waals surface area contributed by atoms with Crippen molar-refractivity contribution in [1.82, 2.24) is 14.9 Å². The van der Waals surface area contributed by atoms with E-state index < -0.39 is 22.4 Å². The van der Waals surface area contributed by atoms with Gasteiger partial charge in [0.1, 0.15) is 0 Å². The molecule has 0 aliphatic heterocycles. The number of hydrogen-bond donors (Lipinski definition) is 3. The van der Waals surface area contributed by atoms with E-state index in [0.717, 1.165) is 5.69 Å². The zero-order valence-electron chi connectivity index (χ0n) is 10.4. The van der Waals surface area contributed by atoms with Gasteiger partial charge in [0, 0.05) is 11.8 Å². The van der Waals surface area contributed by atoms with E-state index in [1.807, 2.05) is 6.92 Å². The van der Waals surface area contributed by atoms with Crippen molar-refractivity contribution in [2.45, 2.75) is 33.3 Å². The number of anilines is 1. The lowest BCUT2D eigenvalue weighted by Gasteiger charge is -2.09. The van der Waals surface area contributed by atoms with Crippen LogP contribution in [0.1, 0.15) is 26.5 Å². The molecule has 1 heterocycles. The van der Waals surface area contributed by atoms with Crippen LogP contribution in [0.25, 0.3) is 0 Å². The zero-order valence-corrected chi connectivity index (χ0v) is 11.2. The molecule has 1 aromatic rings.